The number of aryl methyl sites for hydroxylation is 1. The van der Waals surface area contributed by atoms with Gasteiger partial charge in [-0.3, -0.25) is 28.8 Å². The van der Waals surface area contributed by atoms with Crippen LogP contribution in [0.4, 0.5) is 14.6 Å². The Morgan fingerprint density at radius 3 is 2.48 bits per heavy atom. The van der Waals surface area contributed by atoms with E-state index in [-0.39, 0.29) is 30.0 Å². The summed E-state index contributed by atoms with van der Waals surface area (Å²) >= 11 is 0. The van der Waals surface area contributed by atoms with Crippen molar-refractivity contribution >= 4 is 40.2 Å². The molecule has 58 heavy (non-hydrogen) atoms. The quantitative estimate of drug-likeness (QED) is 0.104. The third-order valence-corrected chi connectivity index (χ3v) is 12.3. The lowest BCUT2D eigenvalue weighted by molar-refractivity contribution is -0.135. The van der Waals surface area contributed by atoms with E-state index in [4.69, 9.17) is 4.98 Å². The Hall–Kier alpha value is -5.44. The van der Waals surface area contributed by atoms with Crippen molar-refractivity contribution in [2.24, 2.45) is 7.05 Å². The molecule has 3 amide bonds. The maximum atomic E-state index is 14.7. The number of hydrogen-bond donors (Lipinski definition) is 2. The summed E-state index contributed by atoms with van der Waals surface area (Å²) in [6.07, 6.45) is 13.9. The number of hydrogen-bond acceptors (Lipinski definition) is 8. The Labute approximate surface area is 335 Å². The maximum Gasteiger partial charge on any atom is 0.329 e. The molecule has 6 heterocycles. The van der Waals surface area contributed by atoms with Crippen LogP contribution in [0.1, 0.15) is 117 Å². The fraction of sp³-hybridized carbons (Fsp3) is 0.488. The van der Waals surface area contributed by atoms with Crippen LogP contribution in [0, 0.1) is 11.6 Å². The van der Waals surface area contributed by atoms with Crippen LogP contribution in [0.25, 0.3) is 16.7 Å². The zero-order chi connectivity index (χ0) is 40.3. The molecule has 2 atom stereocenters. The minimum absolute atomic E-state index is 0.222. The summed E-state index contributed by atoms with van der Waals surface area (Å²) in [5.41, 5.74) is 3.64. The molecule has 3 aromatic heterocycles. The predicted octanol–water partition coefficient (Wildman–Crippen LogP) is 5.93. The van der Waals surface area contributed by atoms with Crippen molar-refractivity contribution in [1.29, 1.82) is 0 Å². The van der Waals surface area contributed by atoms with Gasteiger partial charge in [-0.1, -0.05) is 31.7 Å². The number of rotatable bonds is 14. The summed E-state index contributed by atoms with van der Waals surface area (Å²) in [5.74, 6) is -0.843. The van der Waals surface area contributed by atoms with Gasteiger partial charge in [0, 0.05) is 38.3 Å². The summed E-state index contributed by atoms with van der Waals surface area (Å²) in [7, 11) is 1.74. The van der Waals surface area contributed by atoms with Gasteiger partial charge in [-0.25, -0.2) is 23.1 Å². The highest BCUT2D eigenvalue weighted by Crippen LogP contribution is 2.37. The second kappa shape index (κ2) is 17.2. The molecular weight excluding hydrogens is 745 g/mol. The van der Waals surface area contributed by atoms with E-state index < -0.39 is 23.6 Å². The van der Waals surface area contributed by atoms with Gasteiger partial charge in [-0.15, -0.1) is 0 Å². The lowest BCUT2D eigenvalue weighted by Crippen LogP contribution is -2.44. The van der Waals surface area contributed by atoms with Crippen LogP contribution >= 0.6 is 0 Å². The van der Waals surface area contributed by atoms with Crippen molar-refractivity contribution in [3.63, 3.8) is 0 Å². The first-order valence-corrected chi connectivity index (χ1v) is 20.8. The van der Waals surface area contributed by atoms with Crippen LogP contribution in [0.2, 0.25) is 0 Å². The van der Waals surface area contributed by atoms with Gasteiger partial charge in [0.1, 0.15) is 29.1 Å². The number of aromatic nitrogens is 5. The van der Waals surface area contributed by atoms with Crippen LogP contribution in [0.5, 0.6) is 0 Å². The molecule has 3 aliphatic heterocycles. The van der Waals surface area contributed by atoms with E-state index in [9.17, 15) is 28.0 Å². The van der Waals surface area contributed by atoms with E-state index in [0.717, 1.165) is 94.2 Å². The summed E-state index contributed by atoms with van der Waals surface area (Å²) in [4.78, 5) is 59.8. The van der Waals surface area contributed by atoms with Crippen LogP contribution in [0.15, 0.2) is 59.7 Å². The first-order chi connectivity index (χ1) is 28.2. The Morgan fingerprint density at radius 2 is 1.67 bits per heavy atom. The number of fused-ring (bicyclic) bond motifs is 2. The molecule has 2 aromatic carbocycles. The molecule has 8 rings (SSSR count). The van der Waals surface area contributed by atoms with E-state index >= 15 is 0 Å². The van der Waals surface area contributed by atoms with Gasteiger partial charge in [0.05, 0.1) is 23.3 Å². The van der Waals surface area contributed by atoms with Crippen LogP contribution in [-0.4, -0.2) is 79.1 Å². The minimum atomic E-state index is -0.679. The van der Waals surface area contributed by atoms with E-state index in [1.165, 1.54) is 28.8 Å². The molecule has 2 unspecified atom stereocenters. The Balaban J connectivity index is 0.737. The number of piperidine rings is 2. The topological polar surface area (TPSA) is 139 Å². The number of anilines is 1. The van der Waals surface area contributed by atoms with Crippen molar-refractivity contribution in [3.8, 4) is 0 Å². The number of imidazole rings is 1. The van der Waals surface area contributed by atoms with Crippen molar-refractivity contribution in [2.45, 2.75) is 95.1 Å². The molecular formula is C43H51F2N9O4. The van der Waals surface area contributed by atoms with Gasteiger partial charge in [0.2, 0.25) is 11.8 Å². The Morgan fingerprint density at radius 1 is 0.879 bits per heavy atom. The molecule has 3 fully saturated rings. The zero-order valence-corrected chi connectivity index (χ0v) is 33.0. The number of imide groups is 1. The molecule has 0 bridgehead atoms. The second-order valence-electron chi connectivity index (χ2n) is 16.0. The lowest BCUT2D eigenvalue weighted by Gasteiger charge is -2.32. The van der Waals surface area contributed by atoms with Gasteiger partial charge in [-0.05, 0) is 112 Å². The van der Waals surface area contributed by atoms with Crippen molar-refractivity contribution in [1.82, 2.24) is 39.3 Å². The van der Waals surface area contributed by atoms with Gasteiger partial charge < -0.3 is 15.1 Å². The number of likely N-dealkylation sites (tertiary alicyclic amines) is 1. The number of benzene rings is 2. The average Bonchev–Trinajstić information content (AvgIpc) is 3.95. The number of unbranched alkanes of at least 4 members (excludes halogenated alkanes) is 5. The van der Waals surface area contributed by atoms with Gasteiger partial charge >= 0.3 is 5.69 Å². The second-order valence-corrected chi connectivity index (χ2v) is 16.0. The summed E-state index contributed by atoms with van der Waals surface area (Å²) in [6, 6.07) is 10.5. The van der Waals surface area contributed by atoms with Gasteiger partial charge in [0.15, 0.2) is 5.65 Å². The number of nitrogens with one attached hydrogen (secondary N) is 2. The monoisotopic (exact) mass is 795 g/mol. The van der Waals surface area contributed by atoms with Gasteiger partial charge in [-0.2, -0.15) is 5.10 Å². The molecule has 306 valence electrons. The van der Waals surface area contributed by atoms with Crippen LogP contribution in [0.3, 0.4) is 0 Å². The summed E-state index contributed by atoms with van der Waals surface area (Å²) < 4.78 is 33.4. The van der Waals surface area contributed by atoms with Crippen molar-refractivity contribution in [3.05, 3.63) is 93.7 Å². The highest BCUT2D eigenvalue weighted by molar-refractivity contribution is 6.00. The Bertz CT molecular complexity index is 2380. The molecule has 0 aliphatic carbocycles. The van der Waals surface area contributed by atoms with E-state index in [2.05, 4.69) is 32.8 Å². The van der Waals surface area contributed by atoms with Gasteiger partial charge in [0.25, 0.3) is 5.91 Å². The summed E-state index contributed by atoms with van der Waals surface area (Å²) in [5, 5.41) is 9.71. The number of amides is 3. The largest absolute Gasteiger partial charge is 0.352 e. The van der Waals surface area contributed by atoms with Crippen molar-refractivity contribution in [2.75, 3.05) is 37.6 Å². The number of carbonyl (C=O) groups excluding carboxylic acids is 3. The minimum Gasteiger partial charge on any atom is -0.352 e. The summed E-state index contributed by atoms with van der Waals surface area (Å²) in [6.45, 7) is 4.37. The third kappa shape index (κ3) is 8.13. The highest BCUT2D eigenvalue weighted by Gasteiger charge is 2.32. The SMILES string of the molecule is Cn1c(=O)n(C2CCC(=O)NC2=O)c2ccc(C3CCN(CCCCCCCCNC(=O)c4cnn5ccc(N6CCCC6c6cc(F)ccc6F)nc45)CC3)cc21. The maximum absolute atomic E-state index is 14.7. The van der Waals surface area contributed by atoms with Crippen LogP contribution in [-0.2, 0) is 16.6 Å². The fourth-order valence-electron chi connectivity index (χ4n) is 9.13. The molecule has 0 saturated carbocycles. The third-order valence-electron chi connectivity index (χ3n) is 12.3. The smallest absolute Gasteiger partial charge is 0.329 e. The molecule has 13 nitrogen and oxygen atoms in total. The molecule has 3 saturated heterocycles. The average molecular weight is 796 g/mol. The Kier molecular flexibility index (Phi) is 11.7. The predicted molar refractivity (Wildman–Crippen MR) is 216 cm³/mol. The molecule has 15 heteroatoms. The standard InChI is InChI=1S/C43H51F2N9O4/c1-50-37-25-29(10-13-35(37)54(43(50)58)36-14-15-39(55)49-42(36)57)28-16-22-51(23-17-28)20-7-5-3-2-4-6-19-46-41(56)32-27-47-53-24-18-38(48-40(32)53)52-21-8-9-34(52)31-26-30(44)11-12-33(31)45/h10-13,18,24-28,34,36H,2-9,14-17,19-23H2,1H3,(H,46,56)(H,49,55,57). The van der Waals surface area contributed by atoms with E-state index in [0.29, 0.717) is 54.4 Å². The number of nitrogens with zero attached hydrogens (tertiary/aromatic N) is 7. The van der Waals surface area contributed by atoms with E-state index in [1.807, 2.05) is 11.0 Å². The lowest BCUT2D eigenvalue weighted by atomic mass is 9.89. The van der Waals surface area contributed by atoms with Crippen molar-refractivity contribution < 1.29 is 23.2 Å². The first-order valence-electron chi connectivity index (χ1n) is 20.8. The zero-order valence-electron chi connectivity index (χ0n) is 33.0. The molecule has 2 N–H and O–H groups in total. The number of halogens is 2. The molecule has 0 radical (unpaired) electrons. The highest BCUT2D eigenvalue weighted by atomic mass is 19.1. The normalized spacial score (nSPS) is 19.4. The number of carbonyl (C=O) groups is 3. The van der Waals surface area contributed by atoms with E-state index in [1.54, 1.807) is 28.4 Å². The molecule has 0 spiro atoms. The molecule has 3 aliphatic rings. The van der Waals surface area contributed by atoms with Crippen LogP contribution < -0.4 is 21.2 Å². The first kappa shape index (κ1) is 39.4. The molecule has 5 aromatic rings. The fourth-order valence-corrected chi connectivity index (χ4v) is 9.13.